The minimum atomic E-state index is 1.08. The summed E-state index contributed by atoms with van der Waals surface area (Å²) in [6.07, 6.45) is 14.5. The average molecular weight is 235 g/mol. The molecule has 1 heterocycles. The summed E-state index contributed by atoms with van der Waals surface area (Å²) < 4.78 is 5.47. The zero-order valence-corrected chi connectivity index (χ0v) is 11.1. The van der Waals surface area contributed by atoms with E-state index in [0.717, 1.165) is 18.6 Å². The molecular formula is C15H25NO. The van der Waals surface area contributed by atoms with E-state index in [1.165, 1.54) is 69.0 Å². The van der Waals surface area contributed by atoms with E-state index in [-0.39, 0.29) is 0 Å². The van der Waals surface area contributed by atoms with Gasteiger partial charge in [0.15, 0.2) is 0 Å². The molecule has 0 N–H and O–H groups in total. The fraction of sp³-hybridized carbons (Fsp3) is 0.800. The third-order valence-corrected chi connectivity index (χ3v) is 3.93. The second kappa shape index (κ2) is 6.83. The molecule has 1 aromatic heterocycles. The fourth-order valence-electron chi connectivity index (χ4n) is 2.69. The maximum absolute atomic E-state index is 5.47. The molecule has 0 atom stereocenters. The van der Waals surface area contributed by atoms with Crippen LogP contribution in [0.1, 0.15) is 74.8 Å². The standard InChI is InChI=1S/C15H25NO/c1-13-14-11-9-7-5-3-2-4-6-8-10-12-15(13)17-16-14/h2-12H2,1H3. The molecule has 0 amide bonds. The summed E-state index contributed by atoms with van der Waals surface area (Å²) in [7, 11) is 0. The first-order chi connectivity index (χ1) is 8.38. The van der Waals surface area contributed by atoms with Gasteiger partial charge in [-0.2, -0.15) is 0 Å². The molecule has 0 aliphatic heterocycles. The second-order valence-corrected chi connectivity index (χ2v) is 5.36. The Hall–Kier alpha value is -0.790. The van der Waals surface area contributed by atoms with Crippen molar-refractivity contribution in [2.24, 2.45) is 0 Å². The summed E-state index contributed by atoms with van der Waals surface area (Å²) >= 11 is 0. The summed E-state index contributed by atoms with van der Waals surface area (Å²) in [5, 5.41) is 4.23. The maximum atomic E-state index is 5.47. The Balaban J connectivity index is 1.94. The normalized spacial score (nSPS) is 19.8. The summed E-state index contributed by atoms with van der Waals surface area (Å²) in [5.74, 6) is 1.14. The monoisotopic (exact) mass is 235 g/mol. The quantitative estimate of drug-likeness (QED) is 0.657. The molecule has 1 aliphatic rings. The topological polar surface area (TPSA) is 26.0 Å². The predicted molar refractivity (Wildman–Crippen MR) is 70.2 cm³/mol. The lowest BCUT2D eigenvalue weighted by Crippen LogP contribution is -1.92. The van der Waals surface area contributed by atoms with Crippen LogP contribution in [0.25, 0.3) is 0 Å². The van der Waals surface area contributed by atoms with Crippen LogP contribution in [0.15, 0.2) is 4.52 Å². The highest BCUT2D eigenvalue weighted by Gasteiger charge is 2.11. The van der Waals surface area contributed by atoms with Crippen molar-refractivity contribution >= 4 is 0 Å². The Morgan fingerprint density at radius 1 is 0.765 bits per heavy atom. The molecule has 1 aliphatic carbocycles. The van der Waals surface area contributed by atoms with E-state index in [1.807, 2.05) is 0 Å². The summed E-state index contributed by atoms with van der Waals surface area (Å²) in [4.78, 5) is 0. The highest BCUT2D eigenvalue weighted by atomic mass is 16.5. The number of rotatable bonds is 0. The molecule has 2 bridgehead atoms. The first kappa shape index (κ1) is 12.7. The van der Waals surface area contributed by atoms with Crippen molar-refractivity contribution in [1.29, 1.82) is 0 Å². The summed E-state index contributed by atoms with van der Waals surface area (Å²) in [5.41, 5.74) is 2.53. The van der Waals surface area contributed by atoms with Gasteiger partial charge in [0.2, 0.25) is 0 Å². The van der Waals surface area contributed by atoms with E-state index in [2.05, 4.69) is 12.1 Å². The lowest BCUT2D eigenvalue weighted by molar-refractivity contribution is 0.371. The van der Waals surface area contributed by atoms with Gasteiger partial charge in [0.1, 0.15) is 5.76 Å². The Bertz CT molecular complexity index is 300. The minimum Gasteiger partial charge on any atom is -0.361 e. The zero-order valence-electron chi connectivity index (χ0n) is 11.1. The van der Waals surface area contributed by atoms with Crippen LogP contribution in [-0.2, 0) is 12.8 Å². The van der Waals surface area contributed by atoms with E-state index < -0.39 is 0 Å². The first-order valence-corrected chi connectivity index (χ1v) is 7.32. The molecular weight excluding hydrogens is 210 g/mol. The minimum absolute atomic E-state index is 1.08. The molecule has 0 aromatic carbocycles. The number of aryl methyl sites for hydroxylation is 2. The molecule has 0 spiro atoms. The van der Waals surface area contributed by atoms with Gasteiger partial charge in [0, 0.05) is 12.0 Å². The van der Waals surface area contributed by atoms with Gasteiger partial charge in [-0.3, -0.25) is 0 Å². The Morgan fingerprint density at radius 3 is 1.94 bits per heavy atom. The van der Waals surface area contributed by atoms with Crippen LogP contribution in [-0.4, -0.2) is 5.16 Å². The molecule has 1 aromatic rings. The number of nitrogens with zero attached hydrogens (tertiary/aromatic N) is 1. The molecule has 0 radical (unpaired) electrons. The number of fused-ring (bicyclic) bond motifs is 2. The molecule has 0 saturated carbocycles. The lowest BCUT2D eigenvalue weighted by Gasteiger charge is -2.04. The Morgan fingerprint density at radius 2 is 1.29 bits per heavy atom. The van der Waals surface area contributed by atoms with E-state index in [0.29, 0.717) is 0 Å². The van der Waals surface area contributed by atoms with Crippen molar-refractivity contribution in [3.8, 4) is 0 Å². The number of aromatic nitrogens is 1. The maximum Gasteiger partial charge on any atom is 0.139 e. The van der Waals surface area contributed by atoms with Gasteiger partial charge in [0.25, 0.3) is 0 Å². The molecule has 96 valence electrons. The summed E-state index contributed by atoms with van der Waals surface area (Å²) in [6.45, 7) is 2.17. The zero-order chi connectivity index (χ0) is 11.9. The first-order valence-electron chi connectivity index (χ1n) is 7.32. The number of hydrogen-bond acceptors (Lipinski definition) is 2. The van der Waals surface area contributed by atoms with Gasteiger partial charge in [-0.05, 0) is 26.2 Å². The second-order valence-electron chi connectivity index (χ2n) is 5.36. The van der Waals surface area contributed by atoms with Crippen molar-refractivity contribution in [3.05, 3.63) is 17.0 Å². The van der Waals surface area contributed by atoms with Crippen LogP contribution in [0.2, 0.25) is 0 Å². The van der Waals surface area contributed by atoms with Crippen LogP contribution in [0.5, 0.6) is 0 Å². The van der Waals surface area contributed by atoms with Gasteiger partial charge < -0.3 is 4.52 Å². The third-order valence-electron chi connectivity index (χ3n) is 3.93. The van der Waals surface area contributed by atoms with Crippen molar-refractivity contribution < 1.29 is 4.52 Å². The average Bonchev–Trinajstić information content (AvgIpc) is 2.67. The summed E-state index contributed by atoms with van der Waals surface area (Å²) in [6, 6.07) is 0. The van der Waals surface area contributed by atoms with Gasteiger partial charge in [-0.15, -0.1) is 0 Å². The Kier molecular flexibility index (Phi) is 5.08. The molecule has 2 nitrogen and oxygen atoms in total. The van der Waals surface area contributed by atoms with E-state index >= 15 is 0 Å². The van der Waals surface area contributed by atoms with Crippen molar-refractivity contribution in [2.45, 2.75) is 77.6 Å². The van der Waals surface area contributed by atoms with Gasteiger partial charge in [-0.25, -0.2) is 0 Å². The van der Waals surface area contributed by atoms with E-state index in [4.69, 9.17) is 4.52 Å². The lowest BCUT2D eigenvalue weighted by atomic mass is 10.0. The molecule has 0 fully saturated rings. The number of hydrogen-bond donors (Lipinski definition) is 0. The van der Waals surface area contributed by atoms with Crippen LogP contribution in [0.3, 0.4) is 0 Å². The van der Waals surface area contributed by atoms with Crippen LogP contribution in [0.4, 0.5) is 0 Å². The molecule has 0 saturated heterocycles. The fourth-order valence-corrected chi connectivity index (χ4v) is 2.69. The van der Waals surface area contributed by atoms with Crippen molar-refractivity contribution in [1.82, 2.24) is 5.16 Å². The van der Waals surface area contributed by atoms with Crippen molar-refractivity contribution in [2.75, 3.05) is 0 Å². The third kappa shape index (κ3) is 3.86. The largest absolute Gasteiger partial charge is 0.361 e. The molecule has 2 heteroatoms. The molecule has 2 rings (SSSR count). The van der Waals surface area contributed by atoms with Crippen LogP contribution < -0.4 is 0 Å². The highest BCUT2D eigenvalue weighted by Crippen LogP contribution is 2.20. The highest BCUT2D eigenvalue weighted by molar-refractivity contribution is 5.21. The van der Waals surface area contributed by atoms with E-state index in [9.17, 15) is 0 Å². The molecule has 17 heavy (non-hydrogen) atoms. The van der Waals surface area contributed by atoms with E-state index in [1.54, 1.807) is 0 Å². The van der Waals surface area contributed by atoms with Gasteiger partial charge in [0.05, 0.1) is 5.69 Å². The van der Waals surface area contributed by atoms with Gasteiger partial charge in [-0.1, -0.05) is 50.1 Å². The van der Waals surface area contributed by atoms with Gasteiger partial charge >= 0.3 is 0 Å². The Labute approximate surface area is 105 Å². The van der Waals surface area contributed by atoms with Crippen molar-refractivity contribution in [3.63, 3.8) is 0 Å². The van der Waals surface area contributed by atoms with Crippen LogP contribution in [0, 0.1) is 6.92 Å². The smallest absolute Gasteiger partial charge is 0.139 e. The SMILES string of the molecule is Cc1c2noc1CCCCCCCCCCC2. The van der Waals surface area contributed by atoms with Crippen LogP contribution >= 0.6 is 0 Å². The predicted octanol–water partition coefficient (Wildman–Crippen LogP) is 4.59. The molecule has 0 unspecified atom stereocenters.